The number of nitrogens with zero attached hydrogens (tertiary/aromatic N) is 1. The molecule has 0 saturated heterocycles. The van der Waals surface area contributed by atoms with Crippen LogP contribution in [-0.4, -0.2) is 16.5 Å². The maximum atomic E-state index is 4.24. The number of fused-ring (bicyclic) bond motifs is 1. The number of hydrogen-bond acceptors (Lipinski definition) is 2. The summed E-state index contributed by atoms with van der Waals surface area (Å²) in [5.41, 5.74) is 2.91. The summed E-state index contributed by atoms with van der Waals surface area (Å²) >= 11 is 3.63. The summed E-state index contributed by atoms with van der Waals surface area (Å²) in [4.78, 5) is 7.37. The number of nitrogens with one attached hydrogen (secondary N) is 2. The van der Waals surface area contributed by atoms with Crippen LogP contribution in [0.25, 0.3) is 0 Å². The van der Waals surface area contributed by atoms with Gasteiger partial charge in [-0.1, -0.05) is 28.1 Å². The fraction of sp³-hybridized carbons (Fsp3) is 0.357. The van der Waals surface area contributed by atoms with Gasteiger partial charge in [0.15, 0.2) is 0 Å². The second-order valence-corrected chi connectivity index (χ2v) is 5.49. The first-order chi connectivity index (χ1) is 8.84. The van der Waals surface area contributed by atoms with Crippen molar-refractivity contribution in [2.24, 2.45) is 0 Å². The smallest absolute Gasteiger partial charge is 0.107 e. The van der Waals surface area contributed by atoms with Gasteiger partial charge in [0, 0.05) is 35.9 Å². The molecule has 18 heavy (non-hydrogen) atoms. The quantitative estimate of drug-likeness (QED) is 0.911. The number of aromatic amines is 1. The minimum absolute atomic E-state index is 0.493. The Hall–Kier alpha value is -1.13. The molecule has 4 heteroatoms. The molecule has 1 aromatic heterocycles. The van der Waals surface area contributed by atoms with Crippen molar-refractivity contribution in [3.63, 3.8) is 0 Å². The highest BCUT2D eigenvalue weighted by Crippen LogP contribution is 2.35. The SMILES string of the molecule is Brc1cccc2c1CCC2NCCc1ncc[nH]1. The molecule has 1 aromatic carbocycles. The van der Waals surface area contributed by atoms with Crippen molar-refractivity contribution in [1.82, 2.24) is 15.3 Å². The van der Waals surface area contributed by atoms with E-state index in [9.17, 15) is 0 Å². The Morgan fingerprint density at radius 3 is 3.22 bits per heavy atom. The van der Waals surface area contributed by atoms with Crippen LogP contribution in [0.1, 0.15) is 29.4 Å². The lowest BCUT2D eigenvalue weighted by atomic mass is 10.1. The van der Waals surface area contributed by atoms with Gasteiger partial charge in [0.25, 0.3) is 0 Å². The summed E-state index contributed by atoms with van der Waals surface area (Å²) in [5.74, 6) is 1.05. The van der Waals surface area contributed by atoms with Gasteiger partial charge < -0.3 is 10.3 Å². The van der Waals surface area contributed by atoms with E-state index in [2.05, 4.69) is 49.4 Å². The molecule has 1 heterocycles. The molecule has 0 spiro atoms. The molecule has 2 aromatic rings. The number of imidazole rings is 1. The highest BCUT2D eigenvalue weighted by atomic mass is 79.9. The molecule has 3 nitrogen and oxygen atoms in total. The van der Waals surface area contributed by atoms with Gasteiger partial charge in [-0.05, 0) is 30.0 Å². The molecule has 2 N–H and O–H groups in total. The molecular weight excluding hydrogens is 290 g/mol. The predicted molar refractivity (Wildman–Crippen MR) is 75.5 cm³/mol. The Morgan fingerprint density at radius 1 is 1.44 bits per heavy atom. The van der Waals surface area contributed by atoms with E-state index in [0.717, 1.165) is 25.2 Å². The third-order valence-corrected chi connectivity index (χ3v) is 4.26. The molecule has 0 aliphatic heterocycles. The molecular formula is C14H16BrN3. The van der Waals surface area contributed by atoms with Crippen LogP contribution < -0.4 is 5.32 Å². The molecule has 1 unspecified atom stereocenters. The van der Waals surface area contributed by atoms with Crippen LogP contribution in [0, 0.1) is 0 Å². The number of rotatable bonds is 4. The Morgan fingerprint density at radius 2 is 2.39 bits per heavy atom. The van der Waals surface area contributed by atoms with E-state index in [1.54, 1.807) is 6.20 Å². The second kappa shape index (κ2) is 5.24. The molecule has 1 aliphatic carbocycles. The molecule has 0 fully saturated rings. The molecule has 1 atom stereocenters. The first-order valence-corrected chi connectivity index (χ1v) is 7.13. The van der Waals surface area contributed by atoms with E-state index in [1.807, 2.05) is 6.20 Å². The molecule has 0 amide bonds. The van der Waals surface area contributed by atoms with Crippen LogP contribution in [-0.2, 0) is 12.8 Å². The van der Waals surface area contributed by atoms with Crippen molar-refractivity contribution in [2.75, 3.05) is 6.54 Å². The van der Waals surface area contributed by atoms with Crippen LogP contribution >= 0.6 is 15.9 Å². The fourth-order valence-corrected chi connectivity index (χ4v) is 3.20. The van der Waals surface area contributed by atoms with Gasteiger partial charge in [0.2, 0.25) is 0 Å². The van der Waals surface area contributed by atoms with Crippen molar-refractivity contribution < 1.29 is 0 Å². The summed E-state index contributed by atoms with van der Waals surface area (Å²) in [7, 11) is 0. The molecule has 94 valence electrons. The van der Waals surface area contributed by atoms with Crippen molar-refractivity contribution in [3.8, 4) is 0 Å². The average molecular weight is 306 g/mol. The number of halogens is 1. The van der Waals surface area contributed by atoms with Crippen LogP contribution in [0.5, 0.6) is 0 Å². The molecule has 1 aliphatic rings. The van der Waals surface area contributed by atoms with Gasteiger partial charge in [-0.3, -0.25) is 0 Å². The number of hydrogen-bond donors (Lipinski definition) is 2. The Bertz CT molecular complexity index is 522. The molecule has 0 bridgehead atoms. The second-order valence-electron chi connectivity index (χ2n) is 4.64. The van der Waals surface area contributed by atoms with Crippen LogP contribution in [0.2, 0.25) is 0 Å². The van der Waals surface area contributed by atoms with Crippen molar-refractivity contribution >= 4 is 15.9 Å². The normalized spacial score (nSPS) is 17.9. The van der Waals surface area contributed by atoms with E-state index in [0.29, 0.717) is 6.04 Å². The third kappa shape index (κ3) is 2.35. The molecule has 0 saturated carbocycles. The number of aromatic nitrogens is 2. The minimum atomic E-state index is 0.493. The van der Waals surface area contributed by atoms with E-state index in [4.69, 9.17) is 0 Å². The monoisotopic (exact) mass is 305 g/mol. The van der Waals surface area contributed by atoms with E-state index in [-0.39, 0.29) is 0 Å². The highest BCUT2D eigenvalue weighted by molar-refractivity contribution is 9.10. The van der Waals surface area contributed by atoms with E-state index < -0.39 is 0 Å². The lowest BCUT2D eigenvalue weighted by Gasteiger charge is -2.13. The number of benzene rings is 1. The van der Waals surface area contributed by atoms with E-state index in [1.165, 1.54) is 22.0 Å². The van der Waals surface area contributed by atoms with Gasteiger partial charge >= 0.3 is 0 Å². The lowest BCUT2D eigenvalue weighted by molar-refractivity contribution is 0.530. The summed E-state index contributed by atoms with van der Waals surface area (Å²) in [6, 6.07) is 6.98. The van der Waals surface area contributed by atoms with Gasteiger partial charge in [-0.2, -0.15) is 0 Å². The predicted octanol–water partition coefficient (Wildman–Crippen LogP) is 2.99. The summed E-state index contributed by atoms with van der Waals surface area (Å²) in [5, 5.41) is 3.62. The van der Waals surface area contributed by atoms with Crippen LogP contribution in [0.3, 0.4) is 0 Å². The zero-order valence-corrected chi connectivity index (χ0v) is 11.7. The minimum Gasteiger partial charge on any atom is -0.349 e. The summed E-state index contributed by atoms with van der Waals surface area (Å²) in [6.45, 7) is 0.962. The maximum Gasteiger partial charge on any atom is 0.107 e. The van der Waals surface area contributed by atoms with Gasteiger partial charge in [-0.15, -0.1) is 0 Å². The topological polar surface area (TPSA) is 40.7 Å². The Kier molecular flexibility index (Phi) is 3.48. The lowest BCUT2D eigenvalue weighted by Crippen LogP contribution is -2.22. The van der Waals surface area contributed by atoms with Gasteiger partial charge in [-0.25, -0.2) is 4.98 Å². The zero-order chi connectivity index (χ0) is 12.4. The van der Waals surface area contributed by atoms with E-state index >= 15 is 0 Å². The highest BCUT2D eigenvalue weighted by Gasteiger charge is 2.23. The largest absolute Gasteiger partial charge is 0.349 e. The average Bonchev–Trinajstić information content (AvgIpc) is 3.00. The van der Waals surface area contributed by atoms with Gasteiger partial charge in [0.1, 0.15) is 5.82 Å². The molecule has 3 rings (SSSR count). The van der Waals surface area contributed by atoms with Crippen molar-refractivity contribution in [2.45, 2.75) is 25.3 Å². The zero-order valence-electron chi connectivity index (χ0n) is 10.1. The molecule has 0 radical (unpaired) electrons. The fourth-order valence-electron chi connectivity index (χ4n) is 2.62. The van der Waals surface area contributed by atoms with Crippen molar-refractivity contribution in [3.05, 3.63) is 52.0 Å². The first-order valence-electron chi connectivity index (χ1n) is 6.33. The van der Waals surface area contributed by atoms with Gasteiger partial charge in [0.05, 0.1) is 0 Å². The standard InChI is InChI=1S/C14H16BrN3/c15-12-3-1-2-11-10(12)4-5-13(11)16-7-6-14-17-8-9-18-14/h1-3,8-9,13,16H,4-7H2,(H,17,18). The summed E-state index contributed by atoms with van der Waals surface area (Å²) in [6.07, 6.45) is 6.98. The van der Waals surface area contributed by atoms with Crippen LogP contribution in [0.4, 0.5) is 0 Å². The number of H-pyrrole nitrogens is 1. The Labute approximate surface area is 115 Å². The maximum absolute atomic E-state index is 4.24. The Balaban J connectivity index is 1.61. The first kappa shape index (κ1) is 11.9. The summed E-state index contributed by atoms with van der Waals surface area (Å²) < 4.78 is 1.25. The van der Waals surface area contributed by atoms with Crippen LogP contribution in [0.15, 0.2) is 35.1 Å². The third-order valence-electron chi connectivity index (χ3n) is 3.52. The van der Waals surface area contributed by atoms with Crippen molar-refractivity contribution in [1.29, 1.82) is 0 Å².